The van der Waals surface area contributed by atoms with E-state index in [4.69, 9.17) is 0 Å². The minimum Gasteiger partial charge on any atom is -0.336 e. The topological polar surface area (TPSA) is 81.8 Å². The molecule has 2 aromatic rings. The lowest BCUT2D eigenvalue weighted by atomic mass is 9.94. The van der Waals surface area contributed by atoms with E-state index in [1.54, 1.807) is 29.2 Å². The van der Waals surface area contributed by atoms with Gasteiger partial charge in [0.15, 0.2) is 0 Å². The summed E-state index contributed by atoms with van der Waals surface area (Å²) in [7, 11) is 0. The molecule has 1 aliphatic heterocycles. The molecule has 0 spiro atoms. The molecule has 0 radical (unpaired) electrons. The van der Waals surface area contributed by atoms with Crippen LogP contribution in [0.1, 0.15) is 43.0 Å². The Labute approximate surface area is 199 Å². The van der Waals surface area contributed by atoms with Gasteiger partial charge in [0.1, 0.15) is 5.82 Å². The van der Waals surface area contributed by atoms with E-state index in [1.165, 1.54) is 31.2 Å². The maximum atomic E-state index is 13.4. The molecular weight excluding hydrogens is 435 g/mol. The summed E-state index contributed by atoms with van der Waals surface area (Å²) in [6, 6.07) is 12.5. The molecule has 180 valence electrons. The summed E-state index contributed by atoms with van der Waals surface area (Å²) in [5.41, 5.74) is 1.84. The Bertz CT molecular complexity index is 1010. The molecule has 3 amide bonds. The summed E-state index contributed by atoms with van der Waals surface area (Å²) >= 11 is 0. The smallest absolute Gasteiger partial charge is 0.253 e. The van der Waals surface area contributed by atoms with Crippen LogP contribution in [0.3, 0.4) is 0 Å². The van der Waals surface area contributed by atoms with Gasteiger partial charge in [-0.3, -0.25) is 19.3 Å². The lowest BCUT2D eigenvalue weighted by molar-refractivity contribution is -0.124. The van der Waals surface area contributed by atoms with Crippen LogP contribution in [0.25, 0.3) is 0 Å². The molecule has 1 atom stereocenters. The molecule has 4 rings (SSSR count). The number of amides is 3. The van der Waals surface area contributed by atoms with E-state index >= 15 is 0 Å². The van der Waals surface area contributed by atoms with Crippen molar-refractivity contribution >= 4 is 29.1 Å². The third-order valence-electron chi connectivity index (χ3n) is 6.67. The van der Waals surface area contributed by atoms with Crippen LogP contribution in [0.2, 0.25) is 0 Å². The number of carbonyl (C=O) groups excluding carboxylic acids is 3. The maximum absolute atomic E-state index is 13.4. The fourth-order valence-corrected chi connectivity index (χ4v) is 4.99. The SMILES string of the molecule is CC(=O)Nc1ccc(NC(=O)C(C2CCCC2)N2CCN(C(=O)c3ccc(F)cc3)CC2)cc1. The van der Waals surface area contributed by atoms with Crippen LogP contribution in [0.15, 0.2) is 48.5 Å². The van der Waals surface area contributed by atoms with Gasteiger partial charge in [-0.2, -0.15) is 0 Å². The van der Waals surface area contributed by atoms with Gasteiger partial charge in [0, 0.05) is 50.0 Å². The van der Waals surface area contributed by atoms with E-state index in [0.717, 1.165) is 25.7 Å². The Hall–Kier alpha value is -3.26. The minimum atomic E-state index is -0.364. The minimum absolute atomic E-state index is 0.0301. The largest absolute Gasteiger partial charge is 0.336 e. The molecule has 1 unspecified atom stereocenters. The van der Waals surface area contributed by atoms with E-state index in [0.29, 0.717) is 43.1 Å². The zero-order valence-corrected chi connectivity index (χ0v) is 19.4. The number of nitrogens with one attached hydrogen (secondary N) is 2. The van der Waals surface area contributed by atoms with Crippen LogP contribution in [-0.2, 0) is 9.59 Å². The molecule has 7 nitrogen and oxygen atoms in total. The second-order valence-electron chi connectivity index (χ2n) is 9.07. The monoisotopic (exact) mass is 466 g/mol. The van der Waals surface area contributed by atoms with Gasteiger partial charge >= 0.3 is 0 Å². The van der Waals surface area contributed by atoms with Crippen LogP contribution in [0.5, 0.6) is 0 Å². The number of benzene rings is 2. The molecule has 0 bridgehead atoms. The molecule has 1 aliphatic carbocycles. The summed E-state index contributed by atoms with van der Waals surface area (Å²) in [6.45, 7) is 3.73. The van der Waals surface area contributed by atoms with Crippen LogP contribution >= 0.6 is 0 Å². The molecule has 1 heterocycles. The van der Waals surface area contributed by atoms with Crippen LogP contribution in [0, 0.1) is 11.7 Å². The first-order chi connectivity index (χ1) is 16.4. The fourth-order valence-electron chi connectivity index (χ4n) is 4.99. The number of halogens is 1. The third kappa shape index (κ3) is 5.80. The first-order valence-electron chi connectivity index (χ1n) is 11.9. The second-order valence-corrected chi connectivity index (χ2v) is 9.07. The van der Waals surface area contributed by atoms with Crippen molar-refractivity contribution in [3.63, 3.8) is 0 Å². The second kappa shape index (κ2) is 10.8. The van der Waals surface area contributed by atoms with E-state index in [9.17, 15) is 18.8 Å². The van der Waals surface area contributed by atoms with Crippen molar-refractivity contribution in [1.82, 2.24) is 9.80 Å². The molecule has 1 saturated heterocycles. The number of rotatable bonds is 6. The Kier molecular flexibility index (Phi) is 7.57. The standard InChI is InChI=1S/C26H31FN4O3/c1-18(32)28-22-10-12-23(13-11-22)29-25(33)24(19-4-2-3-5-19)30-14-16-31(17-15-30)26(34)20-6-8-21(27)9-7-20/h6-13,19,24H,2-5,14-17H2,1H3,(H,28,32)(H,29,33). The lowest BCUT2D eigenvalue weighted by Crippen LogP contribution is -2.56. The number of hydrogen-bond acceptors (Lipinski definition) is 4. The zero-order chi connectivity index (χ0) is 24.1. The van der Waals surface area contributed by atoms with Crippen molar-refractivity contribution in [3.05, 3.63) is 59.9 Å². The van der Waals surface area contributed by atoms with Gasteiger partial charge in [-0.25, -0.2) is 4.39 Å². The van der Waals surface area contributed by atoms with Crippen molar-refractivity contribution in [1.29, 1.82) is 0 Å². The molecule has 1 saturated carbocycles. The molecule has 8 heteroatoms. The van der Waals surface area contributed by atoms with Gasteiger partial charge < -0.3 is 15.5 Å². The van der Waals surface area contributed by atoms with Crippen LogP contribution in [0.4, 0.5) is 15.8 Å². The summed E-state index contributed by atoms with van der Waals surface area (Å²) in [5, 5.41) is 5.77. The highest BCUT2D eigenvalue weighted by Crippen LogP contribution is 2.32. The number of piperazine rings is 1. The Morgan fingerprint density at radius 1 is 0.853 bits per heavy atom. The number of hydrogen-bond donors (Lipinski definition) is 2. The summed E-state index contributed by atoms with van der Waals surface area (Å²) in [6.07, 6.45) is 4.30. The molecule has 0 aromatic heterocycles. The van der Waals surface area contributed by atoms with Crippen LogP contribution in [-0.4, -0.2) is 59.7 Å². The van der Waals surface area contributed by atoms with E-state index in [2.05, 4.69) is 15.5 Å². The fraction of sp³-hybridized carbons (Fsp3) is 0.423. The first-order valence-corrected chi connectivity index (χ1v) is 11.9. The molecular formula is C26H31FN4O3. The molecule has 2 fully saturated rings. The Balaban J connectivity index is 1.40. The highest BCUT2D eigenvalue weighted by molar-refractivity contribution is 5.96. The number of anilines is 2. The summed E-state index contributed by atoms with van der Waals surface area (Å²) in [5.74, 6) is -0.358. The molecule has 2 N–H and O–H groups in total. The van der Waals surface area contributed by atoms with Crippen molar-refractivity contribution in [2.24, 2.45) is 5.92 Å². The third-order valence-corrected chi connectivity index (χ3v) is 6.67. The van der Waals surface area contributed by atoms with Crippen molar-refractivity contribution in [2.45, 2.75) is 38.6 Å². The Morgan fingerprint density at radius 3 is 1.97 bits per heavy atom. The first kappa shape index (κ1) is 23.9. The average molecular weight is 467 g/mol. The zero-order valence-electron chi connectivity index (χ0n) is 19.4. The molecule has 2 aliphatic rings. The van der Waals surface area contributed by atoms with Crippen molar-refractivity contribution < 1.29 is 18.8 Å². The van der Waals surface area contributed by atoms with Gasteiger partial charge in [-0.1, -0.05) is 12.8 Å². The van der Waals surface area contributed by atoms with Gasteiger partial charge in [0.25, 0.3) is 5.91 Å². The number of carbonyl (C=O) groups is 3. The molecule has 34 heavy (non-hydrogen) atoms. The highest BCUT2D eigenvalue weighted by Gasteiger charge is 2.37. The lowest BCUT2D eigenvalue weighted by Gasteiger charge is -2.40. The predicted molar refractivity (Wildman–Crippen MR) is 129 cm³/mol. The van der Waals surface area contributed by atoms with Crippen molar-refractivity contribution in [2.75, 3.05) is 36.8 Å². The summed E-state index contributed by atoms with van der Waals surface area (Å²) < 4.78 is 13.2. The summed E-state index contributed by atoms with van der Waals surface area (Å²) in [4.78, 5) is 41.4. The van der Waals surface area contributed by atoms with E-state index in [1.807, 2.05) is 0 Å². The quantitative estimate of drug-likeness (QED) is 0.680. The van der Waals surface area contributed by atoms with Gasteiger partial charge in [-0.05, 0) is 67.3 Å². The van der Waals surface area contributed by atoms with Crippen LogP contribution < -0.4 is 10.6 Å². The van der Waals surface area contributed by atoms with Gasteiger partial charge in [-0.15, -0.1) is 0 Å². The van der Waals surface area contributed by atoms with Gasteiger partial charge in [0.05, 0.1) is 6.04 Å². The average Bonchev–Trinajstić information content (AvgIpc) is 3.35. The highest BCUT2D eigenvalue weighted by atomic mass is 19.1. The van der Waals surface area contributed by atoms with Gasteiger partial charge in [0.2, 0.25) is 11.8 Å². The number of nitrogens with zero attached hydrogens (tertiary/aromatic N) is 2. The maximum Gasteiger partial charge on any atom is 0.253 e. The van der Waals surface area contributed by atoms with E-state index in [-0.39, 0.29) is 35.5 Å². The predicted octanol–water partition coefficient (Wildman–Crippen LogP) is 3.74. The Morgan fingerprint density at radius 2 is 1.41 bits per heavy atom. The van der Waals surface area contributed by atoms with E-state index < -0.39 is 0 Å². The molecule has 2 aromatic carbocycles. The normalized spacial score (nSPS) is 17.9. The van der Waals surface area contributed by atoms with Crippen molar-refractivity contribution in [3.8, 4) is 0 Å².